The van der Waals surface area contributed by atoms with Crippen LogP contribution in [0.5, 0.6) is 0 Å². The maximum atomic E-state index is 9.27. The highest BCUT2D eigenvalue weighted by molar-refractivity contribution is 5.05. The minimum absolute atomic E-state index is 0.384. The highest BCUT2D eigenvalue weighted by atomic mass is 15.2. The molecule has 2 aliphatic carbocycles. The van der Waals surface area contributed by atoms with Crippen molar-refractivity contribution in [3.05, 3.63) is 0 Å². The maximum Gasteiger partial charge on any atom is 0.105 e. The summed E-state index contributed by atoms with van der Waals surface area (Å²) in [6.07, 6.45) is 6.56. The van der Waals surface area contributed by atoms with E-state index in [0.29, 0.717) is 6.04 Å². The highest BCUT2D eigenvalue weighted by Gasteiger charge is 2.34. The van der Waals surface area contributed by atoms with Gasteiger partial charge in [0.1, 0.15) is 5.54 Å². The maximum absolute atomic E-state index is 9.27. The molecule has 2 unspecified atom stereocenters. The third-order valence-corrected chi connectivity index (χ3v) is 4.50. The standard InChI is InChI=1S/C15H27N3/c1-12(8-15(2,11-16)17-3)18(9-13-4-5-13)10-14-6-7-14/h12-14,17H,4-10H2,1-3H3. The Bertz CT molecular complexity index is 300. The number of nitrogens with one attached hydrogen (secondary N) is 1. The van der Waals surface area contributed by atoms with Gasteiger partial charge in [-0.25, -0.2) is 0 Å². The molecule has 0 bridgehead atoms. The zero-order valence-corrected chi connectivity index (χ0v) is 12.1. The van der Waals surface area contributed by atoms with E-state index >= 15 is 0 Å². The van der Waals surface area contributed by atoms with Gasteiger partial charge in [-0.05, 0) is 64.8 Å². The summed E-state index contributed by atoms with van der Waals surface area (Å²) >= 11 is 0. The van der Waals surface area contributed by atoms with Crippen molar-refractivity contribution in [2.24, 2.45) is 11.8 Å². The van der Waals surface area contributed by atoms with Gasteiger partial charge in [-0.15, -0.1) is 0 Å². The topological polar surface area (TPSA) is 39.1 Å². The summed E-state index contributed by atoms with van der Waals surface area (Å²) in [5.74, 6) is 1.88. The molecule has 0 amide bonds. The van der Waals surface area contributed by atoms with Crippen LogP contribution in [0.15, 0.2) is 0 Å². The zero-order valence-electron chi connectivity index (χ0n) is 12.1. The lowest BCUT2D eigenvalue weighted by molar-refractivity contribution is 0.164. The van der Waals surface area contributed by atoms with Crippen LogP contribution in [-0.4, -0.2) is 36.6 Å². The smallest absolute Gasteiger partial charge is 0.105 e. The van der Waals surface area contributed by atoms with E-state index < -0.39 is 0 Å². The van der Waals surface area contributed by atoms with Gasteiger partial charge < -0.3 is 10.2 Å². The summed E-state index contributed by atoms with van der Waals surface area (Å²) < 4.78 is 0. The monoisotopic (exact) mass is 249 g/mol. The molecule has 0 aromatic carbocycles. The number of nitriles is 1. The molecule has 2 aliphatic rings. The van der Waals surface area contributed by atoms with Crippen molar-refractivity contribution in [1.82, 2.24) is 10.2 Å². The lowest BCUT2D eigenvalue weighted by atomic mass is 9.94. The van der Waals surface area contributed by atoms with Crippen molar-refractivity contribution in [2.45, 2.75) is 57.5 Å². The predicted molar refractivity (Wildman–Crippen MR) is 74.2 cm³/mol. The summed E-state index contributed by atoms with van der Waals surface area (Å²) in [7, 11) is 1.89. The molecule has 1 N–H and O–H groups in total. The molecule has 3 nitrogen and oxygen atoms in total. The van der Waals surface area contributed by atoms with Crippen LogP contribution in [0.25, 0.3) is 0 Å². The molecule has 18 heavy (non-hydrogen) atoms. The van der Waals surface area contributed by atoms with Crippen molar-refractivity contribution < 1.29 is 0 Å². The Morgan fingerprint density at radius 1 is 1.28 bits per heavy atom. The normalized spacial score (nSPS) is 24.6. The summed E-state index contributed by atoms with van der Waals surface area (Å²) in [5.41, 5.74) is -0.384. The molecule has 0 aromatic heterocycles. The molecule has 2 saturated carbocycles. The second-order valence-corrected chi connectivity index (χ2v) is 6.59. The van der Waals surface area contributed by atoms with Crippen molar-refractivity contribution in [3.8, 4) is 6.07 Å². The molecular formula is C15H27N3. The molecule has 2 atom stereocenters. The van der Waals surface area contributed by atoms with E-state index in [0.717, 1.165) is 18.3 Å². The van der Waals surface area contributed by atoms with Crippen molar-refractivity contribution in [3.63, 3.8) is 0 Å². The quantitative estimate of drug-likeness (QED) is 0.718. The van der Waals surface area contributed by atoms with Gasteiger partial charge in [0.2, 0.25) is 0 Å². The zero-order chi connectivity index (χ0) is 13.2. The lowest BCUT2D eigenvalue weighted by Gasteiger charge is -2.34. The van der Waals surface area contributed by atoms with E-state index in [9.17, 15) is 5.26 Å². The Morgan fingerprint density at radius 2 is 1.78 bits per heavy atom. The highest BCUT2D eigenvalue weighted by Crippen LogP contribution is 2.35. The van der Waals surface area contributed by atoms with E-state index in [4.69, 9.17) is 0 Å². The van der Waals surface area contributed by atoms with Gasteiger partial charge in [0.15, 0.2) is 0 Å². The van der Waals surface area contributed by atoms with Crippen LogP contribution in [0, 0.1) is 23.2 Å². The SMILES string of the molecule is CNC(C)(C#N)CC(C)N(CC1CC1)CC1CC1. The Morgan fingerprint density at radius 3 is 2.11 bits per heavy atom. The van der Waals surface area contributed by atoms with E-state index in [1.807, 2.05) is 14.0 Å². The van der Waals surface area contributed by atoms with Crippen LogP contribution in [0.2, 0.25) is 0 Å². The molecule has 2 rings (SSSR count). The molecule has 2 fully saturated rings. The van der Waals surface area contributed by atoms with Gasteiger partial charge in [0.05, 0.1) is 6.07 Å². The number of nitrogens with zero attached hydrogens (tertiary/aromatic N) is 2. The minimum Gasteiger partial charge on any atom is -0.303 e. The van der Waals surface area contributed by atoms with Gasteiger partial charge in [0, 0.05) is 19.1 Å². The first kappa shape index (κ1) is 13.8. The third kappa shape index (κ3) is 3.96. The van der Waals surface area contributed by atoms with E-state index in [2.05, 4.69) is 23.2 Å². The van der Waals surface area contributed by atoms with Crippen LogP contribution in [0.4, 0.5) is 0 Å². The Hall–Kier alpha value is -0.590. The second kappa shape index (κ2) is 5.59. The average Bonchev–Trinajstić information content (AvgIpc) is 3.22. The Labute approximate surface area is 112 Å². The van der Waals surface area contributed by atoms with Gasteiger partial charge in [-0.3, -0.25) is 0 Å². The van der Waals surface area contributed by atoms with Crippen LogP contribution in [0.3, 0.4) is 0 Å². The number of rotatable bonds is 8. The molecular weight excluding hydrogens is 222 g/mol. The van der Waals surface area contributed by atoms with Crippen LogP contribution < -0.4 is 5.32 Å². The molecule has 0 aliphatic heterocycles. The second-order valence-electron chi connectivity index (χ2n) is 6.59. The van der Waals surface area contributed by atoms with Crippen molar-refractivity contribution in [2.75, 3.05) is 20.1 Å². The predicted octanol–water partition coefficient (Wildman–Crippen LogP) is 2.39. The first-order valence-corrected chi connectivity index (χ1v) is 7.40. The van der Waals surface area contributed by atoms with E-state index in [1.54, 1.807) is 0 Å². The Kier molecular flexibility index (Phi) is 4.29. The molecule has 0 aromatic rings. The first-order valence-electron chi connectivity index (χ1n) is 7.40. The van der Waals surface area contributed by atoms with Gasteiger partial charge in [-0.2, -0.15) is 5.26 Å². The molecule has 0 saturated heterocycles. The summed E-state index contributed by atoms with van der Waals surface area (Å²) in [6, 6.07) is 2.92. The van der Waals surface area contributed by atoms with Gasteiger partial charge >= 0.3 is 0 Å². The summed E-state index contributed by atoms with van der Waals surface area (Å²) in [5, 5.41) is 12.4. The van der Waals surface area contributed by atoms with E-state index in [-0.39, 0.29) is 5.54 Å². The summed E-state index contributed by atoms with van der Waals surface area (Å²) in [4.78, 5) is 2.64. The average molecular weight is 249 g/mol. The Balaban J connectivity index is 1.88. The lowest BCUT2D eigenvalue weighted by Crippen LogP contribution is -2.46. The molecule has 0 heterocycles. The first-order chi connectivity index (χ1) is 8.56. The minimum atomic E-state index is -0.384. The van der Waals surface area contributed by atoms with Crippen LogP contribution >= 0.6 is 0 Å². The van der Waals surface area contributed by atoms with Crippen molar-refractivity contribution in [1.29, 1.82) is 5.26 Å². The largest absolute Gasteiger partial charge is 0.303 e. The van der Waals surface area contributed by atoms with Gasteiger partial charge in [0.25, 0.3) is 0 Å². The third-order valence-electron chi connectivity index (χ3n) is 4.50. The number of hydrogen-bond acceptors (Lipinski definition) is 3. The van der Waals surface area contributed by atoms with Crippen LogP contribution in [0.1, 0.15) is 46.0 Å². The fourth-order valence-corrected chi connectivity index (χ4v) is 2.62. The fourth-order valence-electron chi connectivity index (χ4n) is 2.62. The van der Waals surface area contributed by atoms with Crippen molar-refractivity contribution >= 4 is 0 Å². The van der Waals surface area contributed by atoms with Gasteiger partial charge in [-0.1, -0.05) is 0 Å². The molecule has 102 valence electrons. The molecule has 0 spiro atoms. The fraction of sp³-hybridized carbons (Fsp3) is 0.933. The van der Waals surface area contributed by atoms with E-state index in [1.165, 1.54) is 38.8 Å². The number of hydrogen-bond donors (Lipinski definition) is 1. The summed E-state index contributed by atoms with van der Waals surface area (Å²) in [6.45, 7) is 6.80. The molecule has 0 radical (unpaired) electrons. The molecule has 3 heteroatoms. The van der Waals surface area contributed by atoms with Crippen LogP contribution in [-0.2, 0) is 0 Å².